The Morgan fingerprint density at radius 2 is 2.44 bits per heavy atom. The monoisotopic (exact) mass is 156 g/mol. The molecule has 0 radical (unpaired) electrons. The predicted molar refractivity (Wildman–Crippen MR) is 31.9 cm³/mol. The summed E-state index contributed by atoms with van der Waals surface area (Å²) in [5, 5.41) is 0. The molecule has 0 aliphatic carbocycles. The zero-order valence-corrected chi connectivity index (χ0v) is 5.86. The molecule has 0 fully saturated rings. The Kier molecular flexibility index (Phi) is 4.84. The highest BCUT2D eigenvalue weighted by Gasteiger charge is 2.07. The Bertz CT molecular complexity index is 93.8. The van der Waals surface area contributed by atoms with Crippen molar-refractivity contribution in [3.63, 3.8) is 0 Å². The summed E-state index contributed by atoms with van der Waals surface area (Å²) in [6.07, 6.45) is -0.334. The lowest BCUT2D eigenvalue weighted by Gasteiger charge is -2.05. The molecular formula is C4H9FO3S. The van der Waals surface area contributed by atoms with Gasteiger partial charge in [-0.15, -0.1) is 0 Å². The van der Waals surface area contributed by atoms with E-state index in [0.717, 1.165) is 0 Å². The van der Waals surface area contributed by atoms with E-state index < -0.39 is 24.1 Å². The van der Waals surface area contributed by atoms with Crippen LogP contribution in [0.25, 0.3) is 0 Å². The molecule has 0 aliphatic heterocycles. The van der Waals surface area contributed by atoms with Crippen molar-refractivity contribution in [3.05, 3.63) is 0 Å². The molecule has 5 heteroatoms. The maximum atomic E-state index is 11.6. The minimum absolute atomic E-state index is 0.406. The fourth-order valence-corrected chi connectivity index (χ4v) is 0.740. The molecule has 56 valence electrons. The van der Waals surface area contributed by atoms with Crippen LogP contribution < -0.4 is 0 Å². The third-order valence-corrected chi connectivity index (χ3v) is 1.28. The summed E-state index contributed by atoms with van der Waals surface area (Å²) in [4.78, 5) is 0. The maximum Gasteiger partial charge on any atom is 0.302 e. The van der Waals surface area contributed by atoms with Crippen molar-refractivity contribution in [1.82, 2.24) is 0 Å². The third kappa shape index (κ3) is 4.50. The second-order valence-corrected chi connectivity index (χ2v) is 2.12. The van der Waals surface area contributed by atoms with Gasteiger partial charge in [0.25, 0.3) is 0 Å². The first kappa shape index (κ1) is 9.00. The van der Waals surface area contributed by atoms with E-state index in [4.69, 9.17) is 4.55 Å². The van der Waals surface area contributed by atoms with E-state index in [9.17, 15) is 8.60 Å². The highest BCUT2D eigenvalue weighted by molar-refractivity contribution is 7.74. The molecule has 2 atom stereocenters. The lowest BCUT2D eigenvalue weighted by atomic mass is 10.3. The first-order valence-corrected chi connectivity index (χ1v) is 3.57. The minimum Gasteiger partial charge on any atom is -0.284 e. The van der Waals surface area contributed by atoms with Gasteiger partial charge in [-0.2, -0.15) is 4.21 Å². The average molecular weight is 156 g/mol. The van der Waals surface area contributed by atoms with Crippen LogP contribution in [0.2, 0.25) is 0 Å². The van der Waals surface area contributed by atoms with Crippen LogP contribution >= 0.6 is 0 Å². The van der Waals surface area contributed by atoms with Crippen LogP contribution in [0.1, 0.15) is 13.3 Å². The number of halogens is 1. The van der Waals surface area contributed by atoms with Crippen LogP contribution in [0.3, 0.4) is 0 Å². The second-order valence-electron chi connectivity index (χ2n) is 1.50. The van der Waals surface area contributed by atoms with E-state index >= 15 is 0 Å². The van der Waals surface area contributed by atoms with Gasteiger partial charge in [-0.3, -0.25) is 8.74 Å². The van der Waals surface area contributed by atoms with Gasteiger partial charge in [0.1, 0.15) is 12.8 Å². The van der Waals surface area contributed by atoms with Crippen molar-refractivity contribution in [2.24, 2.45) is 0 Å². The Morgan fingerprint density at radius 1 is 1.89 bits per heavy atom. The molecule has 0 saturated carbocycles. The summed E-state index contributed by atoms with van der Waals surface area (Å²) in [5.74, 6) is 0. The molecule has 0 heterocycles. The minimum atomic E-state index is -2.34. The lowest BCUT2D eigenvalue weighted by Crippen LogP contribution is -2.14. The van der Waals surface area contributed by atoms with E-state index in [1.807, 2.05) is 0 Å². The Balaban J connectivity index is 3.43. The summed E-state index contributed by atoms with van der Waals surface area (Å²) in [7, 11) is 0. The largest absolute Gasteiger partial charge is 0.302 e. The molecule has 0 bridgehead atoms. The van der Waals surface area contributed by atoms with Crippen LogP contribution in [0, 0.1) is 0 Å². The first-order valence-electron chi connectivity index (χ1n) is 2.54. The van der Waals surface area contributed by atoms with Gasteiger partial charge >= 0.3 is 11.4 Å². The Hall–Kier alpha value is -0.0000000000000000486. The molecule has 0 aromatic carbocycles. The fraction of sp³-hybridized carbons (Fsp3) is 1.00. The van der Waals surface area contributed by atoms with Crippen molar-refractivity contribution in [1.29, 1.82) is 0 Å². The standard InChI is InChI=1S/C4H9FO3S/c1-2-4(3-5)8-9(6)7/h4H,2-3H2,1H3,(H,6,7). The lowest BCUT2D eigenvalue weighted by molar-refractivity contribution is 0.163. The Labute approximate surface area is 55.7 Å². The number of alkyl halides is 1. The van der Waals surface area contributed by atoms with E-state index in [1.54, 1.807) is 6.92 Å². The molecule has 2 unspecified atom stereocenters. The molecule has 0 aliphatic rings. The smallest absolute Gasteiger partial charge is 0.284 e. The summed E-state index contributed by atoms with van der Waals surface area (Å²) >= 11 is -2.34. The molecule has 0 aromatic rings. The predicted octanol–water partition coefficient (Wildman–Crippen LogP) is 0.888. The van der Waals surface area contributed by atoms with Gasteiger partial charge in [-0.25, -0.2) is 4.39 Å². The zero-order valence-electron chi connectivity index (χ0n) is 5.04. The van der Waals surface area contributed by atoms with Gasteiger partial charge in [0.15, 0.2) is 0 Å². The first-order chi connectivity index (χ1) is 4.20. The van der Waals surface area contributed by atoms with Gasteiger partial charge < -0.3 is 0 Å². The fourth-order valence-electron chi connectivity index (χ4n) is 0.319. The van der Waals surface area contributed by atoms with Gasteiger partial charge in [-0.1, -0.05) is 6.92 Å². The van der Waals surface area contributed by atoms with Crippen LogP contribution in [0.15, 0.2) is 0 Å². The molecular weight excluding hydrogens is 147 g/mol. The average Bonchev–Trinajstić information content (AvgIpc) is 1.82. The van der Waals surface area contributed by atoms with E-state index in [-0.39, 0.29) is 0 Å². The van der Waals surface area contributed by atoms with E-state index in [2.05, 4.69) is 4.18 Å². The Morgan fingerprint density at radius 3 is 2.56 bits per heavy atom. The van der Waals surface area contributed by atoms with Crippen LogP contribution in [-0.2, 0) is 15.5 Å². The summed E-state index contributed by atoms with van der Waals surface area (Å²) in [5.41, 5.74) is 0. The van der Waals surface area contributed by atoms with Crippen molar-refractivity contribution in [2.75, 3.05) is 6.67 Å². The normalized spacial score (nSPS) is 17.2. The van der Waals surface area contributed by atoms with Gasteiger partial charge in [0.05, 0.1) is 0 Å². The van der Waals surface area contributed by atoms with Crippen molar-refractivity contribution in [2.45, 2.75) is 19.4 Å². The quantitative estimate of drug-likeness (QED) is 0.615. The van der Waals surface area contributed by atoms with Crippen LogP contribution in [-0.4, -0.2) is 21.5 Å². The van der Waals surface area contributed by atoms with E-state index in [0.29, 0.717) is 6.42 Å². The SMILES string of the molecule is CCC(CF)OS(=O)O. The maximum absolute atomic E-state index is 11.6. The van der Waals surface area contributed by atoms with Gasteiger partial charge in [-0.05, 0) is 6.42 Å². The highest BCUT2D eigenvalue weighted by Crippen LogP contribution is 1.99. The second kappa shape index (κ2) is 4.84. The zero-order chi connectivity index (χ0) is 7.28. The molecule has 1 N–H and O–H groups in total. The third-order valence-electron chi connectivity index (χ3n) is 0.846. The summed E-state index contributed by atoms with van der Waals surface area (Å²) in [6, 6.07) is 0. The molecule has 3 nitrogen and oxygen atoms in total. The van der Waals surface area contributed by atoms with Gasteiger partial charge in [0.2, 0.25) is 0 Å². The molecule has 9 heavy (non-hydrogen) atoms. The van der Waals surface area contributed by atoms with Crippen molar-refractivity contribution >= 4 is 11.4 Å². The molecule has 0 aromatic heterocycles. The molecule has 0 saturated heterocycles. The van der Waals surface area contributed by atoms with E-state index in [1.165, 1.54) is 0 Å². The number of rotatable bonds is 4. The van der Waals surface area contributed by atoms with Crippen molar-refractivity contribution in [3.8, 4) is 0 Å². The van der Waals surface area contributed by atoms with Gasteiger partial charge in [0, 0.05) is 0 Å². The highest BCUT2D eigenvalue weighted by atomic mass is 32.2. The number of hydrogen-bond acceptors (Lipinski definition) is 2. The topological polar surface area (TPSA) is 46.5 Å². The summed E-state index contributed by atoms with van der Waals surface area (Å²) in [6.45, 7) is 0.958. The van der Waals surface area contributed by atoms with Crippen LogP contribution in [0.4, 0.5) is 4.39 Å². The van der Waals surface area contributed by atoms with Crippen LogP contribution in [0.5, 0.6) is 0 Å². The molecule has 0 spiro atoms. The molecule has 0 rings (SSSR count). The van der Waals surface area contributed by atoms with Crippen molar-refractivity contribution < 1.29 is 17.3 Å². The number of hydrogen-bond donors (Lipinski definition) is 1. The summed E-state index contributed by atoms with van der Waals surface area (Å²) < 4.78 is 33.8. The molecule has 0 amide bonds.